The van der Waals surface area contributed by atoms with Crippen molar-refractivity contribution in [1.29, 1.82) is 0 Å². The lowest BCUT2D eigenvalue weighted by molar-refractivity contribution is 0.102. The Labute approximate surface area is 185 Å². The second-order valence-electron chi connectivity index (χ2n) is 7.39. The van der Waals surface area contributed by atoms with Gasteiger partial charge in [-0.3, -0.25) is 4.79 Å². The normalized spacial score (nSPS) is 13.6. The lowest BCUT2D eigenvalue weighted by Gasteiger charge is -2.11. The van der Waals surface area contributed by atoms with Gasteiger partial charge in [-0.15, -0.1) is 34.0 Å². The van der Waals surface area contributed by atoms with Gasteiger partial charge in [-0.1, -0.05) is 12.1 Å². The van der Waals surface area contributed by atoms with Crippen LogP contribution in [0.25, 0.3) is 31.0 Å². The topological polar surface area (TPSA) is 54.9 Å². The van der Waals surface area contributed by atoms with E-state index in [2.05, 4.69) is 22.4 Å². The number of hydrogen-bond acceptors (Lipinski definition) is 6. The number of aryl methyl sites for hydroxylation is 1. The third kappa shape index (κ3) is 3.05. The smallest absolute Gasteiger partial charge is 0.256 e. The van der Waals surface area contributed by atoms with Crippen LogP contribution in [0.5, 0.6) is 0 Å². The molecule has 1 amide bonds. The fraction of sp³-hybridized carbons (Fsp3) is 0.174. The highest BCUT2D eigenvalue weighted by molar-refractivity contribution is 7.23. The van der Waals surface area contributed by atoms with Gasteiger partial charge in [-0.05, 0) is 61.6 Å². The van der Waals surface area contributed by atoms with E-state index >= 15 is 0 Å². The minimum Gasteiger partial charge on any atom is -0.313 e. The van der Waals surface area contributed by atoms with Crippen LogP contribution in [0.1, 0.15) is 33.6 Å². The molecule has 3 heterocycles. The molecule has 0 spiro atoms. The Morgan fingerprint density at radius 2 is 1.87 bits per heavy atom. The Morgan fingerprint density at radius 1 is 0.967 bits per heavy atom. The van der Waals surface area contributed by atoms with E-state index < -0.39 is 0 Å². The number of carbonyl (C=O) groups excluding carboxylic acids is 1. The van der Waals surface area contributed by atoms with Crippen molar-refractivity contribution in [3.8, 4) is 10.6 Å². The summed E-state index contributed by atoms with van der Waals surface area (Å²) in [7, 11) is 0. The van der Waals surface area contributed by atoms with E-state index in [1.165, 1.54) is 28.0 Å². The van der Waals surface area contributed by atoms with Crippen molar-refractivity contribution < 1.29 is 4.79 Å². The van der Waals surface area contributed by atoms with Crippen LogP contribution in [-0.4, -0.2) is 15.9 Å². The molecule has 5 aromatic rings. The molecule has 4 nitrogen and oxygen atoms in total. The molecule has 0 aliphatic heterocycles. The minimum absolute atomic E-state index is 0.0775. The Kier molecular flexibility index (Phi) is 4.40. The highest BCUT2D eigenvalue weighted by Gasteiger charge is 2.25. The third-order valence-electron chi connectivity index (χ3n) is 5.50. The summed E-state index contributed by atoms with van der Waals surface area (Å²) in [5.74, 6) is -0.0775. The zero-order chi connectivity index (χ0) is 20.1. The Morgan fingerprint density at radius 3 is 2.80 bits per heavy atom. The fourth-order valence-electron chi connectivity index (χ4n) is 4.03. The van der Waals surface area contributed by atoms with Gasteiger partial charge in [0.25, 0.3) is 5.91 Å². The summed E-state index contributed by atoms with van der Waals surface area (Å²) in [4.78, 5) is 23.7. The van der Waals surface area contributed by atoms with E-state index in [-0.39, 0.29) is 5.91 Å². The molecule has 0 saturated heterocycles. The maximum atomic E-state index is 13.1. The van der Waals surface area contributed by atoms with Crippen molar-refractivity contribution in [1.82, 2.24) is 9.97 Å². The summed E-state index contributed by atoms with van der Waals surface area (Å²) in [6, 6.07) is 13.9. The highest BCUT2D eigenvalue weighted by atomic mass is 32.1. The molecule has 1 aliphatic carbocycles. The van der Waals surface area contributed by atoms with Crippen LogP contribution in [-0.2, 0) is 12.8 Å². The molecule has 0 fully saturated rings. The van der Waals surface area contributed by atoms with E-state index in [4.69, 9.17) is 4.98 Å². The minimum atomic E-state index is -0.0775. The maximum absolute atomic E-state index is 13.1. The third-order valence-corrected chi connectivity index (χ3v) is 8.55. The molecule has 3 aromatic heterocycles. The number of fused-ring (bicyclic) bond motifs is 3. The number of anilines is 1. The van der Waals surface area contributed by atoms with Gasteiger partial charge in [-0.25, -0.2) is 9.97 Å². The van der Waals surface area contributed by atoms with Crippen molar-refractivity contribution in [2.45, 2.75) is 25.7 Å². The maximum Gasteiger partial charge on any atom is 0.256 e. The first kappa shape index (κ1) is 18.2. The van der Waals surface area contributed by atoms with Gasteiger partial charge in [0.15, 0.2) is 0 Å². The number of thiophene rings is 1. The second kappa shape index (κ2) is 7.27. The van der Waals surface area contributed by atoms with Crippen LogP contribution in [0.2, 0.25) is 0 Å². The zero-order valence-corrected chi connectivity index (χ0v) is 18.4. The summed E-state index contributed by atoms with van der Waals surface area (Å²) in [5.41, 5.74) is 6.92. The molecule has 30 heavy (non-hydrogen) atoms. The largest absolute Gasteiger partial charge is 0.313 e. The molecule has 0 unspecified atom stereocenters. The van der Waals surface area contributed by atoms with Crippen molar-refractivity contribution in [3.05, 3.63) is 64.0 Å². The van der Waals surface area contributed by atoms with Crippen molar-refractivity contribution in [2.24, 2.45) is 0 Å². The number of rotatable bonds is 3. The fourth-order valence-corrected chi connectivity index (χ4v) is 7.14. The Balaban J connectivity index is 1.43. The molecular weight excluding hydrogens is 430 g/mol. The predicted molar refractivity (Wildman–Crippen MR) is 127 cm³/mol. The second-order valence-corrected chi connectivity index (χ2v) is 10.4. The number of nitrogens with zero attached hydrogens (tertiary/aromatic N) is 2. The predicted octanol–water partition coefficient (Wildman–Crippen LogP) is 6.77. The van der Waals surface area contributed by atoms with Crippen molar-refractivity contribution in [2.75, 3.05) is 5.32 Å². The van der Waals surface area contributed by atoms with E-state index in [0.717, 1.165) is 44.1 Å². The molecule has 7 heteroatoms. The van der Waals surface area contributed by atoms with Gasteiger partial charge >= 0.3 is 0 Å². The number of aromatic nitrogens is 2. The molecule has 0 saturated carbocycles. The first-order chi connectivity index (χ1) is 14.8. The Bertz CT molecular complexity index is 1380. The summed E-state index contributed by atoms with van der Waals surface area (Å²) >= 11 is 4.98. The van der Waals surface area contributed by atoms with E-state index in [9.17, 15) is 4.79 Å². The van der Waals surface area contributed by atoms with Crippen LogP contribution >= 0.6 is 34.0 Å². The van der Waals surface area contributed by atoms with Crippen LogP contribution in [0.3, 0.4) is 0 Å². The highest BCUT2D eigenvalue weighted by Crippen LogP contribution is 2.46. The van der Waals surface area contributed by atoms with Gasteiger partial charge < -0.3 is 5.32 Å². The molecule has 2 aromatic carbocycles. The van der Waals surface area contributed by atoms with Crippen LogP contribution in [0.15, 0.2) is 48.0 Å². The number of thiazole rings is 2. The number of nitrogens with one attached hydrogen (secondary N) is 1. The quantitative estimate of drug-likeness (QED) is 0.332. The van der Waals surface area contributed by atoms with Crippen molar-refractivity contribution in [3.63, 3.8) is 0 Å². The van der Waals surface area contributed by atoms with E-state index in [1.807, 2.05) is 35.8 Å². The SMILES string of the molecule is O=C(Nc1sc2c(c1-c1nc3ccccc3s1)CCCC2)c1ccc2ncsc2c1. The summed E-state index contributed by atoms with van der Waals surface area (Å²) in [6.45, 7) is 0. The molecule has 1 N–H and O–H groups in total. The average Bonchev–Trinajstić information content (AvgIpc) is 3.48. The molecule has 0 radical (unpaired) electrons. The molecular formula is C23H17N3OS3. The zero-order valence-electron chi connectivity index (χ0n) is 16.0. The van der Waals surface area contributed by atoms with Gasteiger partial charge in [0, 0.05) is 16.0 Å². The van der Waals surface area contributed by atoms with Crippen LogP contribution < -0.4 is 5.32 Å². The van der Waals surface area contributed by atoms with Crippen LogP contribution in [0.4, 0.5) is 5.00 Å². The lowest BCUT2D eigenvalue weighted by Crippen LogP contribution is -2.11. The van der Waals surface area contributed by atoms with Gasteiger partial charge in [-0.2, -0.15) is 0 Å². The van der Waals surface area contributed by atoms with Gasteiger partial charge in [0.1, 0.15) is 10.0 Å². The molecule has 148 valence electrons. The number of hydrogen-bond donors (Lipinski definition) is 1. The average molecular weight is 448 g/mol. The lowest BCUT2D eigenvalue weighted by atomic mass is 9.95. The van der Waals surface area contributed by atoms with E-state index in [0.29, 0.717) is 5.56 Å². The number of benzene rings is 2. The summed E-state index contributed by atoms with van der Waals surface area (Å²) in [6.07, 6.45) is 4.54. The monoisotopic (exact) mass is 447 g/mol. The van der Waals surface area contributed by atoms with Gasteiger partial charge in [0.2, 0.25) is 0 Å². The first-order valence-electron chi connectivity index (χ1n) is 9.91. The standard InChI is InChI=1S/C23H17N3OS3/c27-21(13-9-10-15-19(11-13)28-12-24-15)26-23-20(14-5-1-3-7-17(14)29-23)22-25-16-6-2-4-8-18(16)30-22/h2,4,6,8-12H,1,3,5,7H2,(H,26,27). The molecule has 6 rings (SSSR count). The Hall–Kier alpha value is -2.61. The first-order valence-corrected chi connectivity index (χ1v) is 12.4. The van der Waals surface area contributed by atoms with Gasteiger partial charge in [0.05, 0.1) is 25.9 Å². The number of amides is 1. The molecule has 1 aliphatic rings. The van der Waals surface area contributed by atoms with E-state index in [1.54, 1.807) is 34.0 Å². The molecule has 0 atom stereocenters. The number of para-hydroxylation sites is 1. The van der Waals surface area contributed by atoms with Crippen LogP contribution in [0, 0.1) is 0 Å². The number of carbonyl (C=O) groups is 1. The van der Waals surface area contributed by atoms with Crippen molar-refractivity contribution >= 4 is 65.4 Å². The molecule has 0 bridgehead atoms. The summed E-state index contributed by atoms with van der Waals surface area (Å²) < 4.78 is 2.20. The summed E-state index contributed by atoms with van der Waals surface area (Å²) in [5, 5.41) is 5.14.